The molecule has 1 aliphatic rings. The highest BCUT2D eigenvalue weighted by atomic mass is 16.4. The third kappa shape index (κ3) is 4.74. The molecule has 4 aromatic rings. The molecule has 0 spiro atoms. The van der Waals surface area contributed by atoms with Gasteiger partial charge in [-0.2, -0.15) is 0 Å². The number of fused-ring (bicyclic) bond motifs is 1. The van der Waals surface area contributed by atoms with Crippen molar-refractivity contribution in [2.24, 2.45) is 0 Å². The highest BCUT2D eigenvalue weighted by Crippen LogP contribution is 2.22. The lowest BCUT2D eigenvalue weighted by Gasteiger charge is -2.33. The van der Waals surface area contributed by atoms with Crippen LogP contribution in [0.3, 0.4) is 0 Å². The first-order valence-electron chi connectivity index (χ1n) is 11.1. The number of H-pyrrole nitrogens is 2. The van der Waals surface area contributed by atoms with Crippen LogP contribution in [0.2, 0.25) is 0 Å². The van der Waals surface area contributed by atoms with Crippen LogP contribution in [-0.2, 0) is 6.54 Å². The minimum Gasteiger partial charge on any atom is -0.465 e. The molecule has 0 saturated carbocycles. The van der Waals surface area contributed by atoms with Gasteiger partial charge in [0.1, 0.15) is 5.65 Å². The number of rotatable bonds is 5. The molecule has 0 aliphatic carbocycles. The number of nitrogens with one attached hydrogen (secondary N) is 2. The fourth-order valence-electron chi connectivity index (χ4n) is 4.09. The Hall–Kier alpha value is -4.24. The fraction of sp³-hybridized carbons (Fsp3) is 0.200. The van der Waals surface area contributed by atoms with E-state index in [2.05, 4.69) is 49.1 Å². The third-order valence-electron chi connectivity index (χ3n) is 6.00. The van der Waals surface area contributed by atoms with Gasteiger partial charge >= 0.3 is 6.09 Å². The minimum atomic E-state index is -0.843. The molecule has 1 saturated heterocycles. The SMILES string of the molecule is O=C(O)N1CCN(Cc2ccc(/C=C/c3cc(-c4cc5c(=O)[nH]cnc5[nH]4)ccn3)cc2)CC1. The molecule has 1 amide bonds. The van der Waals surface area contributed by atoms with Crippen molar-refractivity contribution in [3.8, 4) is 11.3 Å². The molecule has 9 nitrogen and oxygen atoms in total. The van der Waals surface area contributed by atoms with Crippen molar-refractivity contribution < 1.29 is 9.90 Å². The van der Waals surface area contributed by atoms with E-state index in [0.29, 0.717) is 24.1 Å². The highest BCUT2D eigenvalue weighted by Gasteiger charge is 2.20. The van der Waals surface area contributed by atoms with Crippen LogP contribution in [0.5, 0.6) is 0 Å². The lowest BCUT2D eigenvalue weighted by Crippen LogP contribution is -2.47. The molecule has 34 heavy (non-hydrogen) atoms. The number of aromatic amines is 2. The van der Waals surface area contributed by atoms with Gasteiger partial charge in [0.15, 0.2) is 0 Å². The van der Waals surface area contributed by atoms with E-state index in [4.69, 9.17) is 5.11 Å². The Morgan fingerprint density at radius 2 is 1.82 bits per heavy atom. The van der Waals surface area contributed by atoms with Crippen molar-refractivity contribution in [1.82, 2.24) is 29.7 Å². The van der Waals surface area contributed by atoms with Crippen molar-refractivity contribution in [1.29, 1.82) is 0 Å². The van der Waals surface area contributed by atoms with Crippen LogP contribution >= 0.6 is 0 Å². The topological polar surface area (TPSA) is 118 Å². The quantitative estimate of drug-likeness (QED) is 0.424. The Kier molecular flexibility index (Phi) is 5.92. The standard InChI is InChI=1S/C25H24N6O3/c32-24-21-14-22(29-23(21)27-16-28-24)19-7-8-26-20(13-19)6-5-17-1-3-18(4-2-17)15-30-9-11-31(12-10-30)25(33)34/h1-8,13-14,16H,9-12,15H2,(H,33,34)(H2,27,28,29,32)/b6-5+. The van der Waals surface area contributed by atoms with E-state index in [1.54, 1.807) is 12.3 Å². The van der Waals surface area contributed by atoms with Gasteiger partial charge in [-0.15, -0.1) is 0 Å². The third-order valence-corrected chi connectivity index (χ3v) is 6.00. The van der Waals surface area contributed by atoms with Crippen LogP contribution in [0.15, 0.2) is 59.8 Å². The van der Waals surface area contributed by atoms with E-state index in [-0.39, 0.29) is 5.56 Å². The van der Waals surface area contributed by atoms with Crippen molar-refractivity contribution in [2.75, 3.05) is 26.2 Å². The summed E-state index contributed by atoms with van der Waals surface area (Å²) in [5.74, 6) is 0. The van der Waals surface area contributed by atoms with E-state index in [9.17, 15) is 9.59 Å². The fourth-order valence-corrected chi connectivity index (χ4v) is 4.09. The molecular weight excluding hydrogens is 432 g/mol. The van der Waals surface area contributed by atoms with Gasteiger partial charge in [0, 0.05) is 50.2 Å². The van der Waals surface area contributed by atoms with Crippen LogP contribution in [0.1, 0.15) is 16.8 Å². The molecule has 3 N–H and O–H groups in total. The highest BCUT2D eigenvalue weighted by molar-refractivity contribution is 5.82. The first-order valence-corrected chi connectivity index (χ1v) is 11.1. The first-order chi connectivity index (χ1) is 16.5. The van der Waals surface area contributed by atoms with Crippen LogP contribution in [0.25, 0.3) is 34.4 Å². The number of pyridine rings is 1. The van der Waals surface area contributed by atoms with Crippen LogP contribution in [0, 0.1) is 0 Å². The molecule has 1 aliphatic heterocycles. The number of amides is 1. The molecule has 1 fully saturated rings. The Morgan fingerprint density at radius 1 is 1.03 bits per heavy atom. The number of piperazine rings is 1. The molecule has 0 atom stereocenters. The number of hydrogen-bond donors (Lipinski definition) is 3. The Morgan fingerprint density at radius 3 is 2.56 bits per heavy atom. The number of nitrogens with zero attached hydrogens (tertiary/aromatic N) is 4. The van der Waals surface area contributed by atoms with Gasteiger partial charge in [0.25, 0.3) is 5.56 Å². The number of carbonyl (C=O) groups is 1. The first kappa shape index (κ1) is 21.6. The average Bonchev–Trinajstić information content (AvgIpc) is 3.30. The van der Waals surface area contributed by atoms with E-state index < -0.39 is 6.09 Å². The van der Waals surface area contributed by atoms with Crippen LogP contribution in [-0.4, -0.2) is 67.1 Å². The predicted molar refractivity (Wildman–Crippen MR) is 130 cm³/mol. The van der Waals surface area contributed by atoms with Crippen LogP contribution < -0.4 is 5.56 Å². The maximum Gasteiger partial charge on any atom is 0.407 e. The largest absolute Gasteiger partial charge is 0.465 e. The van der Waals surface area contributed by atoms with E-state index in [1.165, 1.54) is 16.8 Å². The van der Waals surface area contributed by atoms with Crippen LogP contribution in [0.4, 0.5) is 4.79 Å². The van der Waals surface area contributed by atoms with Crippen molar-refractivity contribution in [3.05, 3.63) is 82.2 Å². The summed E-state index contributed by atoms with van der Waals surface area (Å²) in [6.45, 7) is 3.40. The van der Waals surface area contributed by atoms with E-state index in [0.717, 1.165) is 42.1 Å². The summed E-state index contributed by atoms with van der Waals surface area (Å²) < 4.78 is 0. The van der Waals surface area contributed by atoms with Gasteiger partial charge in [-0.25, -0.2) is 9.78 Å². The molecular formula is C25H24N6O3. The summed E-state index contributed by atoms with van der Waals surface area (Å²) in [5, 5.41) is 9.59. The lowest BCUT2D eigenvalue weighted by molar-refractivity contribution is 0.103. The van der Waals surface area contributed by atoms with E-state index >= 15 is 0 Å². The van der Waals surface area contributed by atoms with Crippen molar-refractivity contribution >= 4 is 29.3 Å². The van der Waals surface area contributed by atoms with Gasteiger partial charge in [-0.1, -0.05) is 30.3 Å². The molecule has 4 heterocycles. The minimum absolute atomic E-state index is 0.173. The Labute approximate surface area is 195 Å². The van der Waals surface area contributed by atoms with Gasteiger partial charge in [0.05, 0.1) is 17.4 Å². The second kappa shape index (κ2) is 9.32. The molecule has 1 aromatic carbocycles. The summed E-state index contributed by atoms with van der Waals surface area (Å²) in [6, 6.07) is 14.0. The lowest BCUT2D eigenvalue weighted by atomic mass is 10.1. The average molecular weight is 457 g/mol. The van der Waals surface area contributed by atoms with Gasteiger partial charge < -0.3 is 20.0 Å². The van der Waals surface area contributed by atoms with Crippen molar-refractivity contribution in [3.63, 3.8) is 0 Å². The molecule has 9 heteroatoms. The molecule has 5 rings (SSSR count). The van der Waals surface area contributed by atoms with Gasteiger partial charge in [0.2, 0.25) is 0 Å². The number of benzene rings is 1. The van der Waals surface area contributed by atoms with Crippen molar-refractivity contribution in [2.45, 2.75) is 6.54 Å². The second-order valence-electron chi connectivity index (χ2n) is 8.27. The summed E-state index contributed by atoms with van der Waals surface area (Å²) >= 11 is 0. The summed E-state index contributed by atoms with van der Waals surface area (Å²) in [7, 11) is 0. The summed E-state index contributed by atoms with van der Waals surface area (Å²) in [5.41, 5.74) is 5.18. The monoisotopic (exact) mass is 456 g/mol. The summed E-state index contributed by atoms with van der Waals surface area (Å²) in [4.78, 5) is 41.1. The zero-order valence-electron chi connectivity index (χ0n) is 18.4. The molecule has 3 aromatic heterocycles. The zero-order valence-corrected chi connectivity index (χ0v) is 18.4. The maximum absolute atomic E-state index is 12.0. The molecule has 0 unspecified atom stereocenters. The second-order valence-corrected chi connectivity index (χ2v) is 8.27. The zero-order chi connectivity index (χ0) is 23.5. The molecule has 0 radical (unpaired) electrons. The number of hydrogen-bond acceptors (Lipinski definition) is 5. The Bertz CT molecular complexity index is 1400. The smallest absolute Gasteiger partial charge is 0.407 e. The maximum atomic E-state index is 12.0. The molecule has 172 valence electrons. The van der Waals surface area contributed by atoms with Gasteiger partial charge in [-0.05, 0) is 35.4 Å². The number of aromatic nitrogens is 4. The molecule has 0 bridgehead atoms. The number of carboxylic acid groups (broad SMARTS) is 1. The summed E-state index contributed by atoms with van der Waals surface area (Å²) in [6.07, 6.45) is 6.25. The predicted octanol–water partition coefficient (Wildman–Crippen LogP) is 3.28. The van der Waals surface area contributed by atoms with E-state index in [1.807, 2.05) is 24.3 Å². The van der Waals surface area contributed by atoms with Gasteiger partial charge in [-0.3, -0.25) is 14.7 Å². The normalized spacial score (nSPS) is 14.8. The Balaban J connectivity index is 1.24.